The molecule has 0 rings (SSSR count). The van der Waals surface area contributed by atoms with Gasteiger partial charge in [-0.15, -0.1) is 0 Å². The van der Waals surface area contributed by atoms with Crippen LogP contribution in [-0.4, -0.2) is 33.0 Å². The first-order chi connectivity index (χ1) is 3.18. The van der Waals surface area contributed by atoms with Gasteiger partial charge >= 0.3 is 0 Å². The molecule has 0 aromatic rings. The zero-order chi connectivity index (χ0) is 5.86. The molecule has 1 unspecified atom stereocenters. The van der Waals surface area contributed by atoms with Gasteiger partial charge in [0.15, 0.2) is 0 Å². The third kappa shape index (κ3) is 2.99. The zero-order valence-corrected chi connectivity index (χ0v) is 5.17. The SMILES string of the molecule is OCC(O)[C@H](O)Br. The lowest BCUT2D eigenvalue weighted by molar-refractivity contribution is 0.0315. The number of alkyl halides is 1. The smallest absolute Gasteiger partial charge is 0.137 e. The van der Waals surface area contributed by atoms with Crippen molar-refractivity contribution in [1.82, 2.24) is 0 Å². The second-order valence-electron chi connectivity index (χ2n) is 1.12. The van der Waals surface area contributed by atoms with E-state index in [1.807, 2.05) is 0 Å². The van der Waals surface area contributed by atoms with Gasteiger partial charge < -0.3 is 15.3 Å². The molecular formula is C3H7BrO3. The summed E-state index contributed by atoms with van der Waals surface area (Å²) in [6.07, 6.45) is -1.07. The van der Waals surface area contributed by atoms with Gasteiger partial charge in [-0.05, 0) is 0 Å². The first-order valence-corrected chi connectivity index (χ1v) is 2.71. The summed E-state index contributed by atoms with van der Waals surface area (Å²) in [6.45, 7) is -0.424. The van der Waals surface area contributed by atoms with E-state index in [4.69, 9.17) is 15.3 Å². The first kappa shape index (κ1) is 7.36. The summed E-state index contributed by atoms with van der Waals surface area (Å²) in [7, 11) is 0. The molecule has 0 bridgehead atoms. The summed E-state index contributed by atoms with van der Waals surface area (Å²) in [5.41, 5.74) is 0. The van der Waals surface area contributed by atoms with E-state index in [9.17, 15) is 0 Å². The maximum atomic E-state index is 8.39. The van der Waals surface area contributed by atoms with E-state index >= 15 is 0 Å². The zero-order valence-electron chi connectivity index (χ0n) is 3.58. The van der Waals surface area contributed by atoms with Crippen molar-refractivity contribution in [1.29, 1.82) is 0 Å². The Morgan fingerprint density at radius 3 is 1.86 bits per heavy atom. The molecule has 0 radical (unpaired) electrons. The lowest BCUT2D eigenvalue weighted by atomic mass is 10.4. The maximum Gasteiger partial charge on any atom is 0.137 e. The summed E-state index contributed by atoms with van der Waals surface area (Å²) < 4.78 is 0. The fourth-order valence-corrected chi connectivity index (χ4v) is 0.254. The molecule has 0 saturated carbocycles. The highest BCUT2D eigenvalue weighted by atomic mass is 79.9. The highest BCUT2D eigenvalue weighted by molar-refractivity contribution is 9.09. The van der Waals surface area contributed by atoms with Gasteiger partial charge in [-0.1, -0.05) is 15.9 Å². The largest absolute Gasteiger partial charge is 0.394 e. The summed E-state index contributed by atoms with van der Waals surface area (Å²) in [5, 5.41) is 23.8. The number of aliphatic hydroxyl groups is 3. The summed E-state index contributed by atoms with van der Waals surface area (Å²) in [4.78, 5) is 0. The molecule has 0 spiro atoms. The Labute approximate surface area is 49.7 Å². The second kappa shape index (κ2) is 3.37. The van der Waals surface area contributed by atoms with E-state index in [1.165, 1.54) is 0 Å². The number of rotatable bonds is 2. The third-order valence-corrected chi connectivity index (χ3v) is 1.11. The Hall–Kier alpha value is 0.360. The van der Waals surface area contributed by atoms with Gasteiger partial charge in [0.25, 0.3) is 0 Å². The molecule has 7 heavy (non-hydrogen) atoms. The molecule has 0 aliphatic rings. The Morgan fingerprint density at radius 2 is 1.86 bits per heavy atom. The van der Waals surface area contributed by atoms with E-state index in [1.54, 1.807) is 0 Å². The molecule has 0 amide bonds. The average Bonchev–Trinajstić information content (AvgIpc) is 1.65. The Morgan fingerprint density at radius 1 is 1.43 bits per heavy atom. The number of aliphatic hydroxyl groups excluding tert-OH is 3. The molecule has 0 heterocycles. The minimum atomic E-state index is -1.07. The van der Waals surface area contributed by atoms with Crippen LogP contribution in [0.15, 0.2) is 0 Å². The Balaban J connectivity index is 3.14. The van der Waals surface area contributed by atoms with Crippen molar-refractivity contribution in [3.8, 4) is 0 Å². The standard InChI is InChI=1S/C3H7BrO3/c4-3(7)2(6)1-5/h2-3,5-7H,1H2/t2?,3-/m0/s1. The molecule has 2 atom stereocenters. The van der Waals surface area contributed by atoms with Crippen LogP contribution in [-0.2, 0) is 0 Å². The molecule has 3 nitrogen and oxygen atoms in total. The van der Waals surface area contributed by atoms with Crippen molar-refractivity contribution in [3.63, 3.8) is 0 Å². The van der Waals surface area contributed by atoms with Gasteiger partial charge in [-0.3, -0.25) is 0 Å². The predicted molar refractivity (Wildman–Crippen MR) is 28.0 cm³/mol. The van der Waals surface area contributed by atoms with Gasteiger partial charge in [0.2, 0.25) is 0 Å². The average molecular weight is 171 g/mol. The topological polar surface area (TPSA) is 60.7 Å². The molecule has 4 heteroatoms. The fourth-order valence-electron chi connectivity index (χ4n) is 0.0870. The van der Waals surface area contributed by atoms with Crippen LogP contribution in [0.5, 0.6) is 0 Å². The summed E-state index contributed by atoms with van der Waals surface area (Å²) in [5.74, 6) is 0. The van der Waals surface area contributed by atoms with Crippen LogP contribution in [0.2, 0.25) is 0 Å². The van der Waals surface area contributed by atoms with Crippen molar-refractivity contribution in [2.24, 2.45) is 0 Å². The van der Waals surface area contributed by atoms with Crippen molar-refractivity contribution < 1.29 is 15.3 Å². The minimum absolute atomic E-state index is 0.424. The Kier molecular flexibility index (Phi) is 3.55. The van der Waals surface area contributed by atoms with Crippen molar-refractivity contribution in [2.75, 3.05) is 6.61 Å². The van der Waals surface area contributed by atoms with Crippen LogP contribution >= 0.6 is 15.9 Å². The van der Waals surface area contributed by atoms with Crippen LogP contribution in [0.1, 0.15) is 0 Å². The molecule has 0 fully saturated rings. The minimum Gasteiger partial charge on any atom is -0.394 e. The number of halogens is 1. The predicted octanol–water partition coefficient (Wildman–Crippen LogP) is -0.947. The lowest BCUT2D eigenvalue weighted by Crippen LogP contribution is -2.23. The molecule has 44 valence electrons. The van der Waals surface area contributed by atoms with Crippen molar-refractivity contribution in [3.05, 3.63) is 0 Å². The van der Waals surface area contributed by atoms with Crippen LogP contribution in [0, 0.1) is 0 Å². The monoisotopic (exact) mass is 170 g/mol. The van der Waals surface area contributed by atoms with Gasteiger partial charge in [-0.25, -0.2) is 0 Å². The van der Waals surface area contributed by atoms with E-state index in [0.29, 0.717) is 0 Å². The van der Waals surface area contributed by atoms with Crippen LogP contribution < -0.4 is 0 Å². The highest BCUT2D eigenvalue weighted by Gasteiger charge is 2.08. The van der Waals surface area contributed by atoms with Gasteiger partial charge in [0.1, 0.15) is 11.1 Å². The lowest BCUT2D eigenvalue weighted by Gasteiger charge is -2.05. The number of hydrogen-bond acceptors (Lipinski definition) is 3. The quantitative estimate of drug-likeness (QED) is 0.469. The van der Waals surface area contributed by atoms with Gasteiger partial charge in [0, 0.05) is 0 Å². The summed E-state index contributed by atoms with van der Waals surface area (Å²) >= 11 is 2.65. The molecule has 3 N–H and O–H groups in total. The molecule has 0 saturated heterocycles. The molecule has 0 aromatic heterocycles. The van der Waals surface area contributed by atoms with Crippen molar-refractivity contribution >= 4 is 15.9 Å². The van der Waals surface area contributed by atoms with Crippen LogP contribution in [0.25, 0.3) is 0 Å². The van der Waals surface area contributed by atoms with E-state index < -0.39 is 17.7 Å². The maximum absolute atomic E-state index is 8.39. The van der Waals surface area contributed by atoms with Gasteiger partial charge in [-0.2, -0.15) is 0 Å². The normalized spacial score (nSPS) is 18.9. The van der Waals surface area contributed by atoms with Gasteiger partial charge in [0.05, 0.1) is 6.61 Å². The van der Waals surface area contributed by atoms with E-state index in [2.05, 4.69) is 15.9 Å². The first-order valence-electron chi connectivity index (χ1n) is 1.79. The molecule has 0 aromatic carbocycles. The fraction of sp³-hybridized carbons (Fsp3) is 1.00. The Bertz CT molecular complexity index is 47.4. The second-order valence-corrected chi connectivity index (χ2v) is 2.06. The van der Waals surface area contributed by atoms with E-state index in [0.717, 1.165) is 0 Å². The number of hydrogen-bond donors (Lipinski definition) is 3. The van der Waals surface area contributed by atoms with Crippen LogP contribution in [0.3, 0.4) is 0 Å². The summed E-state index contributed by atoms with van der Waals surface area (Å²) in [6, 6.07) is 0. The molecule has 0 aliphatic heterocycles. The van der Waals surface area contributed by atoms with Crippen LogP contribution in [0.4, 0.5) is 0 Å². The third-order valence-electron chi connectivity index (χ3n) is 0.505. The highest BCUT2D eigenvalue weighted by Crippen LogP contribution is 1.98. The molecule has 0 aliphatic carbocycles. The molecular weight excluding hydrogens is 164 g/mol. The van der Waals surface area contributed by atoms with E-state index in [-0.39, 0.29) is 0 Å². The van der Waals surface area contributed by atoms with Crippen molar-refractivity contribution in [2.45, 2.75) is 11.1 Å².